The van der Waals surface area contributed by atoms with Crippen molar-refractivity contribution in [2.24, 2.45) is 0 Å². The molecule has 4 aromatic heterocycles. The van der Waals surface area contributed by atoms with Gasteiger partial charge in [-0.2, -0.15) is 0 Å². The quantitative estimate of drug-likeness (QED) is 0.127. The summed E-state index contributed by atoms with van der Waals surface area (Å²) in [6.45, 7) is 38.7. The van der Waals surface area contributed by atoms with Crippen LogP contribution in [-0.2, 0) is 27.9 Å². The normalized spacial score (nSPS) is 20.0. The average Bonchev–Trinajstić information content (AvgIpc) is 3.98. The lowest BCUT2D eigenvalue weighted by atomic mass is 9.49. The van der Waals surface area contributed by atoms with Crippen molar-refractivity contribution in [2.45, 2.75) is 117 Å². The Kier molecular flexibility index (Phi) is 12.0. The van der Waals surface area contributed by atoms with Gasteiger partial charge in [-0.15, -0.1) is 0 Å². The Morgan fingerprint density at radius 1 is 0.516 bits per heavy atom. The van der Waals surface area contributed by atoms with Gasteiger partial charge in [0.05, 0.1) is 70.2 Å². The minimum absolute atomic E-state index is 0.360. The molecule has 318 valence electrons. The van der Waals surface area contributed by atoms with Crippen LogP contribution in [0.4, 0.5) is 11.4 Å². The first kappa shape index (κ1) is 45.3. The van der Waals surface area contributed by atoms with E-state index in [1.54, 1.807) is 12.1 Å². The molecule has 12 nitrogen and oxygen atoms in total. The number of rotatable bonds is 4. The molecule has 0 bridgehead atoms. The van der Waals surface area contributed by atoms with E-state index in [-0.39, 0.29) is 33.6 Å². The van der Waals surface area contributed by atoms with Crippen molar-refractivity contribution in [1.82, 2.24) is 18.8 Å². The van der Waals surface area contributed by atoms with Gasteiger partial charge in [0.15, 0.2) is 11.4 Å². The molecule has 0 N–H and O–H groups in total. The van der Waals surface area contributed by atoms with Gasteiger partial charge in [-0.05, 0) is 135 Å². The van der Waals surface area contributed by atoms with E-state index in [2.05, 4.69) is 35.6 Å². The van der Waals surface area contributed by atoms with Crippen LogP contribution in [0, 0.1) is 13.1 Å². The van der Waals surface area contributed by atoms with Crippen molar-refractivity contribution in [3.63, 3.8) is 0 Å². The summed E-state index contributed by atoms with van der Waals surface area (Å²) >= 11 is 3.45. The first-order valence-electron chi connectivity index (χ1n) is 20.6. The Labute approximate surface area is 374 Å². The third-order valence-corrected chi connectivity index (χ3v) is 13.3. The first-order valence-corrected chi connectivity index (χ1v) is 21.4. The molecule has 9 rings (SSSR count). The Morgan fingerprint density at radius 2 is 0.903 bits per heavy atom. The number of benzene rings is 2. The second-order valence-electron chi connectivity index (χ2n) is 18.7. The van der Waals surface area contributed by atoms with Crippen molar-refractivity contribution in [2.75, 3.05) is 0 Å². The van der Waals surface area contributed by atoms with E-state index >= 15 is 0 Å². The maximum atomic E-state index is 7.22. The summed E-state index contributed by atoms with van der Waals surface area (Å²) in [6.07, 6.45) is 7.63. The van der Waals surface area contributed by atoms with Crippen LogP contribution >= 0.6 is 15.9 Å². The Bertz CT molecular complexity index is 2630. The lowest BCUT2D eigenvalue weighted by molar-refractivity contribution is 0.00578. The fourth-order valence-corrected chi connectivity index (χ4v) is 7.28. The molecule has 3 saturated heterocycles. The topological polar surface area (TPSA) is 98.7 Å². The smallest absolute Gasteiger partial charge is 0.405 e. The number of fused-ring (bicyclic) bond motifs is 2. The minimum atomic E-state index is -0.476. The lowest BCUT2D eigenvalue weighted by Crippen LogP contribution is -2.41. The Morgan fingerprint density at radius 3 is 1.32 bits per heavy atom. The Hall–Kier alpha value is -4.77. The molecule has 0 unspecified atom stereocenters. The van der Waals surface area contributed by atoms with Crippen LogP contribution in [0.15, 0.2) is 102 Å². The van der Waals surface area contributed by atoms with Crippen molar-refractivity contribution in [1.29, 1.82) is 0 Å². The number of hydrogen-bond donors (Lipinski definition) is 0. The predicted molar refractivity (Wildman–Crippen MR) is 249 cm³/mol. The van der Waals surface area contributed by atoms with E-state index < -0.39 is 21.1 Å². The minimum Gasteiger partial charge on any atom is -0.405 e. The summed E-state index contributed by atoms with van der Waals surface area (Å²) in [5, 5.41) is 0. The summed E-state index contributed by atoms with van der Waals surface area (Å²) in [5.41, 5.74) is 3.83. The summed E-state index contributed by atoms with van der Waals surface area (Å²) in [5.74, 6) is 1.64. The molecule has 0 aliphatic carbocycles. The summed E-state index contributed by atoms with van der Waals surface area (Å²) < 4.78 is 41.2. The fourth-order valence-electron chi connectivity index (χ4n) is 6.95. The van der Waals surface area contributed by atoms with Gasteiger partial charge in [0.2, 0.25) is 0 Å². The summed E-state index contributed by atoms with van der Waals surface area (Å²) in [4.78, 5) is 15.9. The zero-order chi connectivity index (χ0) is 45.0. The van der Waals surface area contributed by atoms with Crippen molar-refractivity contribution < 1.29 is 27.9 Å². The maximum absolute atomic E-state index is 7.22. The van der Waals surface area contributed by atoms with E-state index in [9.17, 15) is 0 Å². The van der Waals surface area contributed by atoms with Crippen molar-refractivity contribution in [3.05, 3.63) is 125 Å². The zero-order valence-corrected chi connectivity index (χ0v) is 39.1. The summed E-state index contributed by atoms with van der Waals surface area (Å²) in [7, 11) is -1.37. The molecule has 0 atom stereocenters. The highest BCUT2D eigenvalue weighted by Gasteiger charge is 2.63. The van der Waals surface area contributed by atoms with E-state index in [0.29, 0.717) is 11.4 Å². The molecule has 0 amide bonds. The molecule has 62 heavy (non-hydrogen) atoms. The molecule has 3 aliphatic rings. The molecule has 16 heteroatoms. The van der Waals surface area contributed by atoms with Gasteiger partial charge in [0.1, 0.15) is 11.6 Å². The number of nitrogens with zero attached hydrogens (tertiary/aromatic N) is 6. The van der Waals surface area contributed by atoms with Crippen LogP contribution in [0.1, 0.15) is 83.1 Å². The van der Waals surface area contributed by atoms with Gasteiger partial charge >= 0.3 is 21.1 Å². The van der Waals surface area contributed by atoms with Crippen molar-refractivity contribution >= 4 is 64.9 Å². The molecule has 0 radical (unpaired) electrons. The third-order valence-electron chi connectivity index (χ3n) is 12.8. The van der Waals surface area contributed by atoms with Gasteiger partial charge < -0.3 is 32.3 Å². The molecule has 6 aromatic rings. The molecule has 0 saturated carbocycles. The highest BCUT2D eigenvalue weighted by atomic mass is 79.9. The monoisotopic (exact) mass is 896 g/mol. The fraction of sp³-hybridized carbons (Fsp3) is 0.391. The van der Waals surface area contributed by atoms with Gasteiger partial charge in [-0.25, -0.2) is 19.7 Å². The molecule has 3 aliphatic heterocycles. The molecule has 2 aromatic carbocycles. The van der Waals surface area contributed by atoms with E-state index in [1.807, 2.05) is 177 Å². The number of hydrogen-bond acceptors (Lipinski definition) is 8. The highest BCUT2D eigenvalue weighted by Crippen LogP contribution is 2.43. The van der Waals surface area contributed by atoms with Gasteiger partial charge in [0.25, 0.3) is 0 Å². The second-order valence-corrected chi connectivity index (χ2v) is 19.6. The number of pyridine rings is 2. The van der Waals surface area contributed by atoms with Crippen LogP contribution in [0.3, 0.4) is 0 Å². The van der Waals surface area contributed by atoms with E-state index in [0.717, 1.165) is 43.7 Å². The predicted octanol–water partition coefficient (Wildman–Crippen LogP) is 10.4. The Balaban J connectivity index is 0.000000144. The average molecular weight is 897 g/mol. The molecular formula is C46H52B3BrN6O6. The summed E-state index contributed by atoms with van der Waals surface area (Å²) in [6, 6.07) is 23.0. The van der Waals surface area contributed by atoms with Gasteiger partial charge in [-0.1, -0.05) is 42.5 Å². The third kappa shape index (κ3) is 8.75. The van der Waals surface area contributed by atoms with Gasteiger partial charge in [-0.3, -0.25) is 4.40 Å². The molecule has 3 fully saturated rings. The van der Waals surface area contributed by atoms with Crippen LogP contribution in [0.25, 0.3) is 43.5 Å². The number of halogens is 1. The molecule has 0 spiro atoms. The second kappa shape index (κ2) is 16.4. The highest BCUT2D eigenvalue weighted by molar-refractivity contribution is 9.10. The van der Waals surface area contributed by atoms with E-state index in [1.165, 1.54) is 0 Å². The van der Waals surface area contributed by atoms with Crippen molar-refractivity contribution in [3.8, 4) is 22.8 Å². The first-order chi connectivity index (χ1) is 29.0. The maximum Gasteiger partial charge on any atom is 0.496 e. The van der Waals surface area contributed by atoms with Gasteiger partial charge in [0, 0.05) is 28.0 Å². The van der Waals surface area contributed by atoms with Crippen LogP contribution in [0.5, 0.6) is 0 Å². The van der Waals surface area contributed by atoms with Crippen LogP contribution in [-0.4, -0.2) is 73.5 Å². The number of aromatic nitrogens is 4. The largest absolute Gasteiger partial charge is 0.496 e. The molecular weight excluding hydrogens is 845 g/mol. The van der Waals surface area contributed by atoms with E-state index in [4.69, 9.17) is 41.1 Å². The standard InChI is InChI=1S/C20H20BN3O2.C14H8BrN3.C12H24B2O4/c1-19(2)20(3,4)26-21(25-19)15-9-10-17-12-23-18(24(17)13-15)14-7-6-8-16(11-14)22-5;1-16-12-4-2-3-10(7-12)14-17-8-13-6-5-11(15)9-18(13)14;1-9(2)10(3,4)16-13(15-9)14-17-11(5,6)12(7,8)18-14/h6-13H,1-4H3;2-9H;1-8H3. The SMILES string of the molecule is CC1(C)OB(B2OC(C)(C)C(C)(C)O2)OC1(C)C.[C-]#[N+]c1cccc(-c2ncc3ccc(B4OC(C)(C)C(C)(C)O4)cn23)c1.[C-]#[N+]c1cccc(-c2ncc3ccc(Br)cn23)c1. The lowest BCUT2D eigenvalue weighted by Gasteiger charge is -2.32. The van der Waals surface area contributed by atoms with Crippen LogP contribution in [0.2, 0.25) is 0 Å². The molecule has 7 heterocycles. The number of imidazole rings is 2. The zero-order valence-electron chi connectivity index (χ0n) is 37.5. The van der Waals surface area contributed by atoms with Crippen LogP contribution < -0.4 is 5.46 Å².